The van der Waals surface area contributed by atoms with E-state index in [4.69, 9.17) is 11.6 Å². The highest BCUT2D eigenvalue weighted by molar-refractivity contribution is 6.31. The lowest BCUT2D eigenvalue weighted by Crippen LogP contribution is -1.92. The SMILES string of the molecule is CCCCCc1ccc2c(ccc3c(F)c(-c4cc(F)c(Cl)c(F)c4)ccc32)c1. The Morgan fingerprint density at radius 2 is 1.45 bits per heavy atom. The van der Waals surface area contributed by atoms with Gasteiger partial charge in [-0.25, -0.2) is 13.2 Å². The lowest BCUT2D eigenvalue weighted by molar-refractivity contribution is 0.584. The molecule has 0 aliphatic carbocycles. The van der Waals surface area contributed by atoms with Gasteiger partial charge < -0.3 is 0 Å². The molecular formula is C25H20ClF3. The van der Waals surface area contributed by atoms with E-state index in [-0.39, 0.29) is 11.1 Å². The number of halogens is 4. The first-order chi connectivity index (χ1) is 14.0. The molecule has 0 aliphatic heterocycles. The van der Waals surface area contributed by atoms with Crippen molar-refractivity contribution in [2.75, 3.05) is 0 Å². The molecule has 4 aromatic carbocycles. The topological polar surface area (TPSA) is 0 Å². The van der Waals surface area contributed by atoms with Crippen molar-refractivity contribution in [3.63, 3.8) is 0 Å². The smallest absolute Gasteiger partial charge is 0.145 e. The summed E-state index contributed by atoms with van der Waals surface area (Å²) in [4.78, 5) is 0. The Bertz CT molecular complexity index is 1190. The molecule has 4 rings (SSSR count). The Morgan fingerprint density at radius 1 is 0.759 bits per heavy atom. The zero-order chi connectivity index (χ0) is 20.5. The summed E-state index contributed by atoms with van der Waals surface area (Å²) in [6.45, 7) is 2.18. The van der Waals surface area contributed by atoms with Crippen LogP contribution < -0.4 is 0 Å². The number of fused-ring (bicyclic) bond motifs is 3. The Labute approximate surface area is 172 Å². The van der Waals surface area contributed by atoms with Crippen molar-refractivity contribution >= 4 is 33.1 Å². The van der Waals surface area contributed by atoms with Crippen molar-refractivity contribution in [2.24, 2.45) is 0 Å². The summed E-state index contributed by atoms with van der Waals surface area (Å²) in [6.07, 6.45) is 4.57. The lowest BCUT2D eigenvalue weighted by Gasteiger charge is -2.11. The highest BCUT2D eigenvalue weighted by atomic mass is 35.5. The molecule has 0 nitrogen and oxygen atoms in total. The lowest BCUT2D eigenvalue weighted by atomic mass is 9.95. The summed E-state index contributed by atoms with van der Waals surface area (Å²) < 4.78 is 42.9. The van der Waals surface area contributed by atoms with Crippen molar-refractivity contribution in [3.05, 3.63) is 82.6 Å². The molecule has 0 radical (unpaired) electrons. The second-order valence-corrected chi connectivity index (χ2v) is 7.73. The molecule has 0 unspecified atom stereocenters. The first-order valence-corrected chi connectivity index (χ1v) is 10.2. The van der Waals surface area contributed by atoms with Crippen LogP contribution in [0.15, 0.2) is 54.6 Å². The minimum atomic E-state index is -0.907. The standard InChI is InChI=1S/C25H20ClF3/c1-2-3-4-5-15-6-8-18-16(12-15)7-9-21-20(18)11-10-19(25(21)29)17-13-22(27)24(26)23(28)14-17/h6-14H,2-5H2,1H3. The van der Waals surface area contributed by atoms with Gasteiger partial charge in [0.25, 0.3) is 0 Å². The molecule has 0 aliphatic rings. The molecule has 0 fully saturated rings. The Morgan fingerprint density at radius 3 is 2.17 bits per heavy atom. The highest BCUT2D eigenvalue weighted by Crippen LogP contribution is 2.35. The minimum Gasteiger partial charge on any atom is -0.206 e. The van der Waals surface area contributed by atoms with Gasteiger partial charge in [-0.15, -0.1) is 0 Å². The molecule has 0 saturated heterocycles. The van der Waals surface area contributed by atoms with Gasteiger partial charge in [0.15, 0.2) is 0 Å². The Kier molecular flexibility index (Phi) is 5.51. The number of rotatable bonds is 5. The zero-order valence-corrected chi connectivity index (χ0v) is 16.8. The molecule has 0 aromatic heterocycles. The van der Waals surface area contributed by atoms with Crippen LogP contribution in [0.3, 0.4) is 0 Å². The summed E-state index contributed by atoms with van der Waals surface area (Å²) in [7, 11) is 0. The van der Waals surface area contributed by atoms with Crippen LogP contribution in [0.2, 0.25) is 5.02 Å². The molecule has 4 aromatic rings. The maximum absolute atomic E-state index is 15.3. The van der Waals surface area contributed by atoms with Crippen molar-refractivity contribution < 1.29 is 13.2 Å². The van der Waals surface area contributed by atoms with E-state index in [1.54, 1.807) is 18.2 Å². The normalized spacial score (nSPS) is 11.5. The molecular weight excluding hydrogens is 393 g/mol. The summed E-state index contributed by atoms with van der Waals surface area (Å²) >= 11 is 5.55. The fourth-order valence-electron chi connectivity index (χ4n) is 3.83. The van der Waals surface area contributed by atoms with E-state index in [0.29, 0.717) is 5.39 Å². The van der Waals surface area contributed by atoms with Gasteiger partial charge in [-0.1, -0.05) is 73.8 Å². The molecule has 0 heterocycles. The van der Waals surface area contributed by atoms with Gasteiger partial charge in [-0.3, -0.25) is 0 Å². The van der Waals surface area contributed by atoms with Crippen molar-refractivity contribution in [1.82, 2.24) is 0 Å². The Hall–Kier alpha value is -2.52. The molecule has 148 valence electrons. The third kappa shape index (κ3) is 3.72. The van der Waals surface area contributed by atoms with Crippen LogP contribution in [-0.4, -0.2) is 0 Å². The first-order valence-electron chi connectivity index (χ1n) is 9.78. The second-order valence-electron chi connectivity index (χ2n) is 7.35. The van der Waals surface area contributed by atoms with Gasteiger partial charge in [0.2, 0.25) is 0 Å². The third-order valence-electron chi connectivity index (χ3n) is 5.38. The molecule has 0 spiro atoms. The summed E-state index contributed by atoms with van der Waals surface area (Å²) in [5.41, 5.74) is 1.53. The van der Waals surface area contributed by atoms with Crippen LogP contribution in [0.25, 0.3) is 32.7 Å². The van der Waals surface area contributed by atoms with Gasteiger partial charge in [-0.2, -0.15) is 0 Å². The van der Waals surface area contributed by atoms with E-state index >= 15 is 4.39 Å². The van der Waals surface area contributed by atoms with Crippen LogP contribution >= 0.6 is 11.6 Å². The highest BCUT2D eigenvalue weighted by Gasteiger charge is 2.15. The van der Waals surface area contributed by atoms with Gasteiger partial charge in [0.1, 0.15) is 22.5 Å². The molecule has 29 heavy (non-hydrogen) atoms. The number of unbranched alkanes of at least 4 members (excludes halogenated alkanes) is 2. The van der Waals surface area contributed by atoms with Gasteiger partial charge >= 0.3 is 0 Å². The van der Waals surface area contributed by atoms with Crippen LogP contribution in [0.1, 0.15) is 31.7 Å². The van der Waals surface area contributed by atoms with Crippen molar-refractivity contribution in [3.8, 4) is 11.1 Å². The first kappa shape index (κ1) is 19.8. The molecule has 0 atom stereocenters. The van der Waals surface area contributed by atoms with Crippen LogP contribution in [0.5, 0.6) is 0 Å². The van der Waals surface area contributed by atoms with Crippen molar-refractivity contribution in [2.45, 2.75) is 32.6 Å². The van der Waals surface area contributed by atoms with E-state index in [9.17, 15) is 8.78 Å². The molecule has 4 heteroatoms. The van der Waals surface area contributed by atoms with E-state index in [1.807, 2.05) is 12.1 Å². The maximum atomic E-state index is 15.3. The quantitative estimate of drug-likeness (QED) is 0.175. The molecule has 0 amide bonds. The average Bonchev–Trinajstić information content (AvgIpc) is 2.72. The van der Waals surface area contributed by atoms with Crippen molar-refractivity contribution in [1.29, 1.82) is 0 Å². The predicted molar refractivity (Wildman–Crippen MR) is 115 cm³/mol. The van der Waals surface area contributed by atoms with Crippen LogP contribution in [-0.2, 0) is 6.42 Å². The fourth-order valence-corrected chi connectivity index (χ4v) is 3.94. The molecule has 0 saturated carbocycles. The molecule has 0 bridgehead atoms. The number of hydrogen-bond donors (Lipinski definition) is 0. The van der Waals surface area contributed by atoms with E-state index in [1.165, 1.54) is 18.4 Å². The predicted octanol–water partition coefficient (Wildman–Crippen LogP) is 8.46. The summed E-state index contributed by atoms with van der Waals surface area (Å²) in [5, 5.41) is 2.63. The number of hydrogen-bond acceptors (Lipinski definition) is 0. The second kappa shape index (κ2) is 8.08. The number of benzene rings is 4. The summed E-state index contributed by atoms with van der Waals surface area (Å²) in [6, 6.07) is 15.4. The maximum Gasteiger partial charge on any atom is 0.145 e. The van der Waals surface area contributed by atoms with Gasteiger partial charge in [0, 0.05) is 10.9 Å². The van der Waals surface area contributed by atoms with E-state index in [0.717, 1.165) is 41.1 Å². The average molecular weight is 413 g/mol. The Balaban J connectivity index is 1.81. The van der Waals surface area contributed by atoms with E-state index in [2.05, 4.69) is 19.1 Å². The summed E-state index contributed by atoms with van der Waals surface area (Å²) in [5.74, 6) is -2.32. The van der Waals surface area contributed by atoms with E-state index < -0.39 is 22.5 Å². The van der Waals surface area contributed by atoms with Gasteiger partial charge in [0.05, 0.1) is 0 Å². The number of aryl methyl sites for hydroxylation is 1. The third-order valence-corrected chi connectivity index (χ3v) is 5.74. The fraction of sp³-hybridized carbons (Fsp3) is 0.200. The molecule has 0 N–H and O–H groups in total. The van der Waals surface area contributed by atoms with Gasteiger partial charge in [-0.05, 0) is 52.3 Å². The monoisotopic (exact) mass is 412 g/mol. The van der Waals surface area contributed by atoms with Crippen LogP contribution in [0.4, 0.5) is 13.2 Å². The minimum absolute atomic E-state index is 0.121. The zero-order valence-electron chi connectivity index (χ0n) is 16.0. The largest absolute Gasteiger partial charge is 0.206 e. The van der Waals surface area contributed by atoms with Crippen LogP contribution in [0, 0.1) is 17.5 Å².